The monoisotopic (exact) mass is 307 g/mol. The van der Waals surface area contributed by atoms with Crippen LogP contribution in [0.15, 0.2) is 60.7 Å². The van der Waals surface area contributed by atoms with Crippen LogP contribution >= 0.6 is 0 Å². The Labute approximate surface area is 133 Å². The molecule has 1 amide bonds. The molecule has 2 rings (SSSR count). The Balaban J connectivity index is 2.28. The van der Waals surface area contributed by atoms with Crippen LogP contribution in [0.1, 0.15) is 15.9 Å². The number of carbonyl (C=O) groups excluding carboxylic acids is 1. The summed E-state index contributed by atoms with van der Waals surface area (Å²) in [5.74, 6) is -0.0461. The van der Waals surface area contributed by atoms with E-state index in [0.29, 0.717) is 12.1 Å². The summed E-state index contributed by atoms with van der Waals surface area (Å²) in [5, 5.41) is 0. The van der Waals surface area contributed by atoms with Crippen molar-refractivity contribution in [2.75, 3.05) is 0 Å². The standard InChI is InChI=1S/C19H21NOSi/c1-22(2,3)15-14-20(16-17-10-6-4-7-11-17)19(21)18-12-8-5-9-13-18/h4-13H,16H2,1-3H3. The highest BCUT2D eigenvalue weighted by molar-refractivity contribution is 6.83. The quantitative estimate of drug-likeness (QED) is 0.473. The van der Waals surface area contributed by atoms with Gasteiger partial charge in [0.25, 0.3) is 5.91 Å². The Morgan fingerprint density at radius 2 is 1.50 bits per heavy atom. The first-order valence-corrected chi connectivity index (χ1v) is 10.9. The fourth-order valence-corrected chi connectivity index (χ4v) is 2.37. The van der Waals surface area contributed by atoms with Crippen molar-refractivity contribution in [2.45, 2.75) is 26.2 Å². The Morgan fingerprint density at radius 3 is 2.05 bits per heavy atom. The topological polar surface area (TPSA) is 20.3 Å². The molecule has 0 saturated heterocycles. The summed E-state index contributed by atoms with van der Waals surface area (Å²) in [7, 11) is -1.54. The molecule has 0 aliphatic rings. The lowest BCUT2D eigenvalue weighted by atomic mass is 10.1. The molecule has 2 nitrogen and oxygen atoms in total. The zero-order valence-corrected chi connectivity index (χ0v) is 14.3. The molecule has 22 heavy (non-hydrogen) atoms. The van der Waals surface area contributed by atoms with Crippen LogP contribution in [-0.4, -0.2) is 18.9 Å². The van der Waals surface area contributed by atoms with E-state index in [4.69, 9.17) is 0 Å². The van der Waals surface area contributed by atoms with Crippen molar-refractivity contribution in [3.63, 3.8) is 0 Å². The third-order valence-electron chi connectivity index (χ3n) is 3.02. The smallest absolute Gasteiger partial charge is 0.265 e. The zero-order valence-electron chi connectivity index (χ0n) is 13.3. The van der Waals surface area contributed by atoms with Crippen LogP contribution in [0.4, 0.5) is 0 Å². The van der Waals surface area contributed by atoms with Crippen LogP contribution in [0.25, 0.3) is 0 Å². The lowest BCUT2D eigenvalue weighted by Gasteiger charge is -2.17. The summed E-state index contributed by atoms with van der Waals surface area (Å²) in [6.45, 7) is 7.03. The van der Waals surface area contributed by atoms with E-state index >= 15 is 0 Å². The molecule has 0 unspecified atom stereocenters. The summed E-state index contributed by atoms with van der Waals surface area (Å²) in [6, 6.07) is 22.4. The van der Waals surface area contributed by atoms with E-state index in [2.05, 4.69) is 31.2 Å². The highest BCUT2D eigenvalue weighted by atomic mass is 28.3. The third kappa shape index (κ3) is 4.91. The second kappa shape index (κ2) is 7.10. The minimum Gasteiger partial charge on any atom is -0.268 e. The van der Waals surface area contributed by atoms with Gasteiger partial charge in [-0.1, -0.05) is 68.2 Å². The third-order valence-corrected chi connectivity index (χ3v) is 3.88. The SMILES string of the molecule is C[Si](C)(C)C#CN(Cc1ccccc1)C(=O)c1ccccc1. The minimum absolute atomic E-state index is 0.0461. The molecule has 0 spiro atoms. The van der Waals surface area contributed by atoms with Crippen molar-refractivity contribution >= 4 is 14.0 Å². The molecule has 3 heteroatoms. The maximum Gasteiger partial charge on any atom is 0.265 e. The molecular formula is C19H21NOSi. The molecule has 2 aromatic rings. The molecule has 112 valence electrons. The highest BCUT2D eigenvalue weighted by Gasteiger charge is 2.15. The maximum atomic E-state index is 12.7. The first-order valence-electron chi connectivity index (χ1n) is 7.39. The van der Waals surface area contributed by atoms with E-state index in [0.717, 1.165) is 5.56 Å². The molecule has 0 aliphatic carbocycles. The van der Waals surface area contributed by atoms with Gasteiger partial charge in [-0.05, 0) is 17.7 Å². The number of benzene rings is 2. The van der Waals surface area contributed by atoms with Gasteiger partial charge in [-0.2, -0.15) is 0 Å². The van der Waals surface area contributed by atoms with Crippen molar-refractivity contribution in [1.29, 1.82) is 0 Å². The van der Waals surface area contributed by atoms with Gasteiger partial charge in [0.15, 0.2) is 0 Å². The van der Waals surface area contributed by atoms with Crippen molar-refractivity contribution in [2.24, 2.45) is 0 Å². The number of carbonyl (C=O) groups is 1. The largest absolute Gasteiger partial charge is 0.268 e. The summed E-state index contributed by atoms with van der Waals surface area (Å²) < 4.78 is 0. The van der Waals surface area contributed by atoms with Crippen molar-refractivity contribution in [3.8, 4) is 11.6 Å². The first-order chi connectivity index (χ1) is 10.5. The van der Waals surface area contributed by atoms with E-state index < -0.39 is 8.07 Å². The van der Waals surface area contributed by atoms with E-state index in [-0.39, 0.29) is 5.91 Å². The molecule has 0 saturated carbocycles. The highest BCUT2D eigenvalue weighted by Crippen LogP contribution is 2.10. The molecule has 0 radical (unpaired) electrons. The molecular weight excluding hydrogens is 286 g/mol. The molecule has 2 aromatic carbocycles. The minimum atomic E-state index is -1.54. The fourth-order valence-electron chi connectivity index (χ4n) is 1.90. The van der Waals surface area contributed by atoms with Gasteiger partial charge < -0.3 is 0 Å². The van der Waals surface area contributed by atoms with Gasteiger partial charge in [0.1, 0.15) is 8.07 Å². The molecule has 0 fully saturated rings. The van der Waals surface area contributed by atoms with Crippen LogP contribution in [0.3, 0.4) is 0 Å². The average molecular weight is 307 g/mol. The Hall–Kier alpha value is -2.31. The second-order valence-corrected chi connectivity index (χ2v) is 11.0. The van der Waals surface area contributed by atoms with Gasteiger partial charge in [0, 0.05) is 11.6 Å². The van der Waals surface area contributed by atoms with Gasteiger partial charge in [0.05, 0.1) is 6.54 Å². The van der Waals surface area contributed by atoms with Crippen molar-refractivity contribution in [3.05, 3.63) is 71.8 Å². The van der Waals surface area contributed by atoms with Crippen molar-refractivity contribution < 1.29 is 4.79 Å². The Kier molecular flexibility index (Phi) is 5.19. The summed E-state index contributed by atoms with van der Waals surface area (Å²) in [4.78, 5) is 14.3. The maximum absolute atomic E-state index is 12.7. The molecule has 0 heterocycles. The second-order valence-electron chi connectivity index (χ2n) is 6.23. The van der Waals surface area contributed by atoms with Crippen LogP contribution in [0, 0.1) is 11.6 Å². The summed E-state index contributed by atoms with van der Waals surface area (Å²) >= 11 is 0. The zero-order chi connectivity index (χ0) is 16.0. The summed E-state index contributed by atoms with van der Waals surface area (Å²) in [5.41, 5.74) is 5.04. The Morgan fingerprint density at radius 1 is 0.955 bits per heavy atom. The van der Waals surface area contributed by atoms with Crippen LogP contribution in [0.2, 0.25) is 19.6 Å². The van der Waals surface area contributed by atoms with Crippen LogP contribution in [0.5, 0.6) is 0 Å². The van der Waals surface area contributed by atoms with Crippen molar-refractivity contribution in [1.82, 2.24) is 4.90 Å². The molecule has 0 aromatic heterocycles. The molecule has 0 bridgehead atoms. The predicted molar refractivity (Wildman–Crippen MR) is 93.9 cm³/mol. The van der Waals surface area contributed by atoms with Gasteiger partial charge in [-0.3, -0.25) is 9.69 Å². The number of nitrogens with zero attached hydrogens (tertiary/aromatic N) is 1. The first kappa shape index (κ1) is 16.1. The number of hydrogen-bond donors (Lipinski definition) is 0. The Bertz CT molecular complexity index is 678. The van der Waals surface area contributed by atoms with Gasteiger partial charge in [0.2, 0.25) is 0 Å². The van der Waals surface area contributed by atoms with Gasteiger partial charge in [-0.25, -0.2) is 0 Å². The molecule has 0 N–H and O–H groups in total. The van der Waals surface area contributed by atoms with E-state index in [1.807, 2.05) is 60.7 Å². The fraction of sp³-hybridized carbons (Fsp3) is 0.211. The van der Waals surface area contributed by atoms with Gasteiger partial charge >= 0.3 is 0 Å². The van der Waals surface area contributed by atoms with Crippen LogP contribution in [-0.2, 0) is 6.54 Å². The van der Waals surface area contributed by atoms with E-state index in [1.54, 1.807) is 4.90 Å². The van der Waals surface area contributed by atoms with Crippen LogP contribution < -0.4 is 0 Å². The molecule has 0 atom stereocenters. The predicted octanol–water partition coefficient (Wildman–Crippen LogP) is 4.17. The van der Waals surface area contributed by atoms with E-state index in [1.165, 1.54) is 0 Å². The number of amides is 1. The molecule has 0 aliphatic heterocycles. The summed E-state index contributed by atoms with van der Waals surface area (Å²) in [6.07, 6.45) is 0. The number of rotatable bonds is 3. The normalized spacial score (nSPS) is 10.5. The lowest BCUT2D eigenvalue weighted by Crippen LogP contribution is -2.27. The number of hydrogen-bond acceptors (Lipinski definition) is 1. The van der Waals surface area contributed by atoms with E-state index in [9.17, 15) is 4.79 Å². The van der Waals surface area contributed by atoms with Gasteiger partial charge in [-0.15, -0.1) is 5.54 Å². The lowest BCUT2D eigenvalue weighted by molar-refractivity contribution is 0.0827. The average Bonchev–Trinajstić information content (AvgIpc) is 2.52.